The van der Waals surface area contributed by atoms with Gasteiger partial charge in [-0.1, -0.05) is 11.6 Å². The molecule has 2 heterocycles. The van der Waals surface area contributed by atoms with Gasteiger partial charge in [0.05, 0.1) is 17.1 Å². The van der Waals surface area contributed by atoms with Crippen LogP contribution in [0.2, 0.25) is 5.02 Å². The summed E-state index contributed by atoms with van der Waals surface area (Å²) in [6, 6.07) is 8.87. The molecule has 1 atom stereocenters. The van der Waals surface area contributed by atoms with E-state index in [-0.39, 0.29) is 6.04 Å². The van der Waals surface area contributed by atoms with Gasteiger partial charge in [0.25, 0.3) is 0 Å². The zero-order valence-corrected chi connectivity index (χ0v) is 15.7. The van der Waals surface area contributed by atoms with Crippen molar-refractivity contribution in [2.24, 2.45) is 0 Å². The highest BCUT2D eigenvalue weighted by atomic mass is 35.5. The monoisotopic (exact) mass is 372 g/mol. The van der Waals surface area contributed by atoms with Crippen LogP contribution in [0.4, 0.5) is 4.79 Å². The molecule has 2 N–H and O–H groups in total. The van der Waals surface area contributed by atoms with Gasteiger partial charge in [0.1, 0.15) is 11.4 Å². The van der Waals surface area contributed by atoms with E-state index < -0.39 is 11.7 Å². The summed E-state index contributed by atoms with van der Waals surface area (Å²) < 4.78 is 5.40. The zero-order valence-electron chi connectivity index (χ0n) is 14.9. The van der Waals surface area contributed by atoms with Crippen LogP contribution >= 0.6 is 11.6 Å². The van der Waals surface area contributed by atoms with Gasteiger partial charge in [-0.3, -0.25) is 4.98 Å². The van der Waals surface area contributed by atoms with Crippen LogP contribution in [0, 0.1) is 0 Å². The first-order valence-electron chi connectivity index (χ1n) is 8.34. The Morgan fingerprint density at radius 3 is 2.69 bits per heavy atom. The van der Waals surface area contributed by atoms with E-state index in [0.29, 0.717) is 17.3 Å². The molecule has 1 amide bonds. The fraction of sp³-hybridized carbons (Fsp3) is 0.316. The molecule has 1 unspecified atom stereocenters. The van der Waals surface area contributed by atoms with Crippen molar-refractivity contribution in [2.45, 2.75) is 38.8 Å². The van der Waals surface area contributed by atoms with Gasteiger partial charge in [0.15, 0.2) is 0 Å². The zero-order chi connectivity index (χ0) is 18.7. The Hall–Kier alpha value is -2.60. The number of hydrogen-bond acceptors (Lipinski definition) is 4. The average molecular weight is 373 g/mol. The SMILES string of the molecule is CC(C)(C)OC(=O)NC(Cc1ccncc1)c1nc2ccc(Cl)cc2[nH]1. The van der Waals surface area contributed by atoms with Crippen molar-refractivity contribution in [3.63, 3.8) is 0 Å². The number of halogens is 1. The number of nitrogens with one attached hydrogen (secondary N) is 2. The number of imidazole rings is 1. The number of hydrogen-bond donors (Lipinski definition) is 2. The molecule has 0 saturated heterocycles. The molecule has 0 aliphatic heterocycles. The Morgan fingerprint density at radius 1 is 1.27 bits per heavy atom. The molecule has 0 aliphatic rings. The molecule has 6 nitrogen and oxygen atoms in total. The number of aromatic amines is 1. The highest BCUT2D eigenvalue weighted by molar-refractivity contribution is 6.31. The topological polar surface area (TPSA) is 79.9 Å². The maximum atomic E-state index is 12.3. The minimum atomic E-state index is -0.577. The lowest BCUT2D eigenvalue weighted by molar-refractivity contribution is 0.0501. The maximum absolute atomic E-state index is 12.3. The molecular weight excluding hydrogens is 352 g/mol. The summed E-state index contributed by atoms with van der Waals surface area (Å²) in [6.45, 7) is 5.48. The highest BCUT2D eigenvalue weighted by Gasteiger charge is 2.23. The summed E-state index contributed by atoms with van der Waals surface area (Å²) in [5, 5.41) is 3.53. The lowest BCUT2D eigenvalue weighted by Gasteiger charge is -2.23. The number of fused-ring (bicyclic) bond motifs is 1. The summed E-state index contributed by atoms with van der Waals surface area (Å²) >= 11 is 6.05. The Kier molecular flexibility index (Phi) is 5.13. The van der Waals surface area contributed by atoms with E-state index in [1.165, 1.54) is 0 Å². The lowest BCUT2D eigenvalue weighted by atomic mass is 10.1. The average Bonchev–Trinajstić information content (AvgIpc) is 2.96. The third kappa shape index (κ3) is 4.73. The molecule has 7 heteroatoms. The van der Waals surface area contributed by atoms with Gasteiger partial charge in [-0.2, -0.15) is 0 Å². The fourth-order valence-electron chi connectivity index (χ4n) is 2.59. The van der Waals surface area contributed by atoms with Crippen LogP contribution in [0.5, 0.6) is 0 Å². The number of amides is 1. The molecule has 0 saturated carbocycles. The summed E-state index contributed by atoms with van der Waals surface area (Å²) in [5.74, 6) is 0.643. The van der Waals surface area contributed by atoms with Crippen molar-refractivity contribution in [3.8, 4) is 0 Å². The molecule has 0 fully saturated rings. The Bertz CT molecular complexity index is 903. The van der Waals surface area contributed by atoms with E-state index in [1.807, 2.05) is 45.0 Å². The number of aromatic nitrogens is 3. The molecule has 136 valence electrons. The Balaban J connectivity index is 1.89. The summed E-state index contributed by atoms with van der Waals surface area (Å²) in [7, 11) is 0. The third-order valence-electron chi connectivity index (χ3n) is 3.67. The first-order valence-corrected chi connectivity index (χ1v) is 8.71. The van der Waals surface area contributed by atoms with Crippen molar-refractivity contribution < 1.29 is 9.53 Å². The second-order valence-electron chi connectivity index (χ2n) is 7.04. The third-order valence-corrected chi connectivity index (χ3v) is 3.91. The normalized spacial score (nSPS) is 12.8. The summed E-state index contributed by atoms with van der Waals surface area (Å²) in [6.07, 6.45) is 3.50. The molecule has 0 spiro atoms. The van der Waals surface area contributed by atoms with Crippen LogP contribution < -0.4 is 5.32 Å². The molecule has 0 bridgehead atoms. The summed E-state index contributed by atoms with van der Waals surface area (Å²) in [4.78, 5) is 24.2. The summed E-state index contributed by atoms with van der Waals surface area (Å²) in [5.41, 5.74) is 2.06. The minimum absolute atomic E-state index is 0.376. The van der Waals surface area contributed by atoms with E-state index >= 15 is 0 Å². The molecule has 0 aliphatic carbocycles. The molecule has 1 aromatic carbocycles. The molecule has 3 aromatic rings. The van der Waals surface area contributed by atoms with Gasteiger partial charge in [0.2, 0.25) is 0 Å². The largest absolute Gasteiger partial charge is 0.444 e. The highest BCUT2D eigenvalue weighted by Crippen LogP contribution is 2.22. The number of alkyl carbamates (subject to hydrolysis) is 1. The number of benzene rings is 1. The predicted molar refractivity (Wildman–Crippen MR) is 101 cm³/mol. The number of pyridine rings is 1. The van der Waals surface area contributed by atoms with Gasteiger partial charge >= 0.3 is 6.09 Å². The minimum Gasteiger partial charge on any atom is -0.444 e. The van der Waals surface area contributed by atoms with Crippen molar-refractivity contribution in [1.82, 2.24) is 20.3 Å². The fourth-order valence-corrected chi connectivity index (χ4v) is 2.76. The van der Waals surface area contributed by atoms with Crippen LogP contribution in [0.15, 0.2) is 42.7 Å². The van der Waals surface area contributed by atoms with E-state index in [0.717, 1.165) is 16.6 Å². The number of carbonyl (C=O) groups is 1. The smallest absolute Gasteiger partial charge is 0.408 e. The quantitative estimate of drug-likeness (QED) is 0.710. The number of ether oxygens (including phenoxy) is 1. The van der Waals surface area contributed by atoms with Gasteiger partial charge in [-0.05, 0) is 56.7 Å². The molecule has 0 radical (unpaired) electrons. The van der Waals surface area contributed by atoms with Crippen molar-refractivity contribution in [3.05, 3.63) is 59.1 Å². The van der Waals surface area contributed by atoms with Gasteiger partial charge in [-0.15, -0.1) is 0 Å². The van der Waals surface area contributed by atoms with E-state index in [9.17, 15) is 4.79 Å². The van der Waals surface area contributed by atoms with Gasteiger partial charge in [0, 0.05) is 23.8 Å². The molecule has 3 rings (SSSR count). The van der Waals surface area contributed by atoms with Crippen molar-refractivity contribution in [1.29, 1.82) is 0 Å². The first kappa shape index (κ1) is 18.2. The molecular formula is C19H21ClN4O2. The van der Waals surface area contributed by atoms with Crippen LogP contribution in [-0.4, -0.2) is 26.6 Å². The van der Waals surface area contributed by atoms with Crippen LogP contribution in [0.25, 0.3) is 11.0 Å². The second kappa shape index (κ2) is 7.33. The standard InChI is InChI=1S/C19H21ClN4O2/c1-19(2,3)26-18(25)24-16(10-12-6-8-21-9-7-12)17-22-14-5-4-13(20)11-15(14)23-17/h4-9,11,16H,10H2,1-3H3,(H,22,23)(H,24,25). The van der Waals surface area contributed by atoms with Crippen molar-refractivity contribution >= 4 is 28.7 Å². The molecule has 2 aromatic heterocycles. The first-order chi connectivity index (χ1) is 12.3. The Labute approximate surface area is 157 Å². The van der Waals surface area contributed by atoms with Gasteiger partial charge in [-0.25, -0.2) is 9.78 Å². The molecule has 26 heavy (non-hydrogen) atoms. The number of nitrogens with zero attached hydrogens (tertiary/aromatic N) is 2. The van der Waals surface area contributed by atoms with E-state index in [1.54, 1.807) is 18.5 Å². The second-order valence-corrected chi connectivity index (χ2v) is 7.48. The van der Waals surface area contributed by atoms with Crippen LogP contribution in [-0.2, 0) is 11.2 Å². The number of rotatable bonds is 4. The lowest BCUT2D eigenvalue weighted by Crippen LogP contribution is -2.36. The van der Waals surface area contributed by atoms with E-state index in [4.69, 9.17) is 16.3 Å². The maximum Gasteiger partial charge on any atom is 0.408 e. The number of carbonyl (C=O) groups excluding carboxylic acids is 1. The van der Waals surface area contributed by atoms with E-state index in [2.05, 4.69) is 20.3 Å². The van der Waals surface area contributed by atoms with Crippen LogP contribution in [0.1, 0.15) is 38.2 Å². The van der Waals surface area contributed by atoms with Crippen molar-refractivity contribution in [2.75, 3.05) is 0 Å². The Morgan fingerprint density at radius 2 is 2.00 bits per heavy atom. The number of H-pyrrole nitrogens is 1. The predicted octanol–water partition coefficient (Wildman–Crippen LogP) is 4.42. The van der Waals surface area contributed by atoms with Crippen LogP contribution in [0.3, 0.4) is 0 Å². The van der Waals surface area contributed by atoms with Gasteiger partial charge < -0.3 is 15.0 Å².